The summed E-state index contributed by atoms with van der Waals surface area (Å²) >= 11 is 1.28. The zero-order valence-corrected chi connectivity index (χ0v) is 12.3. The van der Waals surface area contributed by atoms with Gasteiger partial charge < -0.3 is 5.32 Å². The summed E-state index contributed by atoms with van der Waals surface area (Å²) in [5, 5.41) is 3.28. The Kier molecular flexibility index (Phi) is 3.23. The van der Waals surface area contributed by atoms with Crippen LogP contribution >= 0.6 is 11.3 Å². The molecule has 1 aliphatic carbocycles. The summed E-state index contributed by atoms with van der Waals surface area (Å²) in [5.74, 6) is 0.106. The van der Waals surface area contributed by atoms with Gasteiger partial charge >= 0.3 is 0 Å². The van der Waals surface area contributed by atoms with Gasteiger partial charge in [-0.3, -0.25) is 4.79 Å². The van der Waals surface area contributed by atoms with Crippen LogP contribution in [0.5, 0.6) is 0 Å². The van der Waals surface area contributed by atoms with Crippen molar-refractivity contribution in [1.29, 1.82) is 0 Å². The van der Waals surface area contributed by atoms with Crippen molar-refractivity contribution in [1.82, 2.24) is 9.71 Å². The highest BCUT2D eigenvalue weighted by atomic mass is 32.2. The molecule has 0 aliphatic heterocycles. The first-order valence-electron chi connectivity index (χ1n) is 6.14. The number of hydrogen-bond donors (Lipinski definition) is 2. The highest BCUT2D eigenvalue weighted by Crippen LogP contribution is 2.32. The van der Waals surface area contributed by atoms with E-state index in [1.165, 1.54) is 24.5 Å². The Morgan fingerprint density at radius 2 is 2.15 bits per heavy atom. The van der Waals surface area contributed by atoms with Gasteiger partial charge in [-0.1, -0.05) is 11.3 Å². The van der Waals surface area contributed by atoms with Crippen molar-refractivity contribution >= 4 is 42.6 Å². The molecule has 0 radical (unpaired) electrons. The second-order valence-electron chi connectivity index (χ2n) is 4.62. The van der Waals surface area contributed by atoms with Gasteiger partial charge in [-0.25, -0.2) is 18.1 Å². The Bertz CT molecular complexity index is 778. The molecule has 0 atom stereocenters. The summed E-state index contributed by atoms with van der Waals surface area (Å²) in [4.78, 5) is 16.1. The van der Waals surface area contributed by atoms with E-state index in [9.17, 15) is 13.2 Å². The average molecular weight is 311 g/mol. The lowest BCUT2D eigenvalue weighted by Crippen LogP contribution is -2.18. The van der Waals surface area contributed by atoms with E-state index in [0.717, 1.165) is 17.5 Å². The maximum atomic E-state index is 11.7. The Morgan fingerprint density at radius 1 is 1.40 bits per heavy atom. The van der Waals surface area contributed by atoms with Crippen molar-refractivity contribution < 1.29 is 13.2 Å². The molecule has 2 N–H and O–H groups in total. The third-order valence-corrected chi connectivity index (χ3v) is 5.46. The van der Waals surface area contributed by atoms with E-state index in [0.29, 0.717) is 10.6 Å². The number of carbonyl (C=O) groups excluding carboxylic acids is 1. The number of anilines is 1. The quantitative estimate of drug-likeness (QED) is 0.897. The highest BCUT2D eigenvalue weighted by molar-refractivity contribution is 7.89. The molecule has 8 heteroatoms. The first-order valence-corrected chi connectivity index (χ1v) is 8.44. The number of amides is 1. The van der Waals surface area contributed by atoms with Crippen LogP contribution < -0.4 is 10.0 Å². The molecule has 0 saturated heterocycles. The number of nitrogens with one attached hydrogen (secondary N) is 2. The second-order valence-corrected chi connectivity index (χ2v) is 7.54. The van der Waals surface area contributed by atoms with Crippen LogP contribution in [0, 0.1) is 5.92 Å². The van der Waals surface area contributed by atoms with Crippen LogP contribution in [0.2, 0.25) is 0 Å². The van der Waals surface area contributed by atoms with E-state index < -0.39 is 10.0 Å². The molecule has 1 amide bonds. The summed E-state index contributed by atoms with van der Waals surface area (Å²) < 4.78 is 26.5. The Labute approximate surface area is 120 Å². The number of nitrogens with zero attached hydrogens (tertiary/aromatic N) is 1. The lowest BCUT2D eigenvalue weighted by atomic mass is 10.3. The standard InChI is InChI=1S/C12H13N3O3S2/c1-13-20(17,18)8-4-5-9-10(6-8)19-12(14-9)15-11(16)7-2-3-7/h4-7,13H,2-3H2,1H3,(H,14,15,16). The number of benzene rings is 1. The lowest BCUT2D eigenvalue weighted by Gasteiger charge is -2.00. The minimum atomic E-state index is -3.47. The van der Waals surface area contributed by atoms with Gasteiger partial charge in [-0.2, -0.15) is 0 Å². The zero-order valence-electron chi connectivity index (χ0n) is 10.7. The third-order valence-electron chi connectivity index (χ3n) is 3.12. The predicted molar refractivity (Wildman–Crippen MR) is 77.2 cm³/mol. The van der Waals surface area contributed by atoms with E-state index >= 15 is 0 Å². The van der Waals surface area contributed by atoms with Gasteiger partial charge in [-0.15, -0.1) is 0 Å². The monoisotopic (exact) mass is 311 g/mol. The minimum Gasteiger partial charge on any atom is -0.302 e. The number of aromatic nitrogens is 1. The van der Waals surface area contributed by atoms with Crippen LogP contribution in [0.1, 0.15) is 12.8 Å². The molecule has 1 aliphatic rings. The molecule has 6 nitrogen and oxygen atoms in total. The maximum Gasteiger partial charge on any atom is 0.240 e. The molecule has 2 aromatic rings. The highest BCUT2D eigenvalue weighted by Gasteiger charge is 2.30. The maximum absolute atomic E-state index is 11.7. The second kappa shape index (κ2) is 4.80. The number of hydrogen-bond acceptors (Lipinski definition) is 5. The Morgan fingerprint density at radius 3 is 2.80 bits per heavy atom. The van der Waals surface area contributed by atoms with Crippen LogP contribution in [0.25, 0.3) is 10.2 Å². The van der Waals surface area contributed by atoms with Gasteiger partial charge in [0.2, 0.25) is 15.9 Å². The summed E-state index contributed by atoms with van der Waals surface area (Å²) in [6.45, 7) is 0. The molecule has 1 heterocycles. The average Bonchev–Trinajstić information content (AvgIpc) is 3.19. The van der Waals surface area contributed by atoms with Crippen molar-refractivity contribution in [2.24, 2.45) is 5.92 Å². The molecule has 106 valence electrons. The predicted octanol–water partition coefficient (Wildman–Crippen LogP) is 1.55. The number of sulfonamides is 1. The molecule has 3 rings (SSSR count). The lowest BCUT2D eigenvalue weighted by molar-refractivity contribution is -0.117. The van der Waals surface area contributed by atoms with E-state index in [1.807, 2.05) is 0 Å². The van der Waals surface area contributed by atoms with Gasteiger partial charge in [0.1, 0.15) is 0 Å². The fourth-order valence-electron chi connectivity index (χ4n) is 1.80. The first-order chi connectivity index (χ1) is 9.49. The molecule has 0 spiro atoms. The smallest absolute Gasteiger partial charge is 0.240 e. The van der Waals surface area contributed by atoms with Gasteiger partial charge in [0.15, 0.2) is 5.13 Å². The van der Waals surface area contributed by atoms with Crippen LogP contribution in [-0.4, -0.2) is 26.4 Å². The molecular formula is C12H13N3O3S2. The molecule has 1 aromatic carbocycles. The van der Waals surface area contributed by atoms with Gasteiger partial charge in [0.05, 0.1) is 15.1 Å². The third kappa shape index (κ3) is 2.54. The van der Waals surface area contributed by atoms with E-state index in [-0.39, 0.29) is 16.7 Å². The summed E-state index contributed by atoms with van der Waals surface area (Å²) in [5.41, 5.74) is 0.677. The fourth-order valence-corrected chi connectivity index (χ4v) is 3.53. The van der Waals surface area contributed by atoms with Crippen LogP contribution in [0.3, 0.4) is 0 Å². The van der Waals surface area contributed by atoms with Crippen molar-refractivity contribution in [3.05, 3.63) is 18.2 Å². The number of thiazole rings is 1. The first kappa shape index (κ1) is 13.5. The summed E-state index contributed by atoms with van der Waals surface area (Å²) in [7, 11) is -2.10. The van der Waals surface area contributed by atoms with Crippen LogP contribution in [0.4, 0.5) is 5.13 Å². The van der Waals surface area contributed by atoms with Gasteiger partial charge in [0.25, 0.3) is 0 Å². The van der Waals surface area contributed by atoms with E-state index in [4.69, 9.17) is 0 Å². The number of fused-ring (bicyclic) bond motifs is 1. The molecular weight excluding hydrogens is 298 g/mol. The summed E-state index contributed by atoms with van der Waals surface area (Å²) in [6.07, 6.45) is 1.86. The number of carbonyl (C=O) groups is 1. The molecule has 1 saturated carbocycles. The topological polar surface area (TPSA) is 88.2 Å². The largest absolute Gasteiger partial charge is 0.302 e. The summed E-state index contributed by atoms with van der Waals surface area (Å²) in [6, 6.07) is 4.70. The Balaban J connectivity index is 1.92. The fraction of sp³-hybridized carbons (Fsp3) is 0.333. The van der Waals surface area contributed by atoms with Crippen molar-refractivity contribution in [2.75, 3.05) is 12.4 Å². The van der Waals surface area contributed by atoms with E-state index in [2.05, 4.69) is 15.0 Å². The van der Waals surface area contributed by atoms with Gasteiger partial charge in [0, 0.05) is 5.92 Å². The minimum absolute atomic E-state index is 0.00729. The molecule has 1 aromatic heterocycles. The Hall–Kier alpha value is -1.51. The van der Waals surface area contributed by atoms with Crippen molar-refractivity contribution in [3.8, 4) is 0 Å². The molecule has 0 bridgehead atoms. The van der Waals surface area contributed by atoms with E-state index in [1.54, 1.807) is 12.1 Å². The molecule has 0 unspecified atom stereocenters. The SMILES string of the molecule is CNS(=O)(=O)c1ccc2nc(NC(=O)C3CC3)sc2c1. The molecule has 20 heavy (non-hydrogen) atoms. The van der Waals surface area contributed by atoms with Crippen molar-refractivity contribution in [2.45, 2.75) is 17.7 Å². The zero-order chi connectivity index (χ0) is 14.3. The van der Waals surface area contributed by atoms with Gasteiger partial charge in [-0.05, 0) is 38.1 Å². The van der Waals surface area contributed by atoms with Crippen LogP contribution in [-0.2, 0) is 14.8 Å². The normalized spacial score (nSPS) is 15.4. The van der Waals surface area contributed by atoms with Crippen LogP contribution in [0.15, 0.2) is 23.1 Å². The molecule has 1 fully saturated rings. The number of rotatable bonds is 4. The van der Waals surface area contributed by atoms with Crippen molar-refractivity contribution in [3.63, 3.8) is 0 Å².